The van der Waals surface area contributed by atoms with Gasteiger partial charge in [0.05, 0.1) is 5.52 Å². The van der Waals surface area contributed by atoms with Crippen molar-refractivity contribution in [1.82, 2.24) is 4.57 Å². The second kappa shape index (κ2) is 12.3. The van der Waals surface area contributed by atoms with E-state index in [1.54, 1.807) is 0 Å². The van der Waals surface area contributed by atoms with E-state index < -0.39 is 0 Å². The van der Waals surface area contributed by atoms with Crippen LogP contribution in [0.5, 0.6) is 23.0 Å². The van der Waals surface area contributed by atoms with E-state index >= 15 is 0 Å². The number of rotatable bonds is 1. The molecule has 0 radical (unpaired) electrons. The number of fused-ring (bicyclic) bond motifs is 4. The van der Waals surface area contributed by atoms with E-state index in [-0.39, 0.29) is 26.5 Å². The Morgan fingerprint density at radius 2 is 1.22 bits per heavy atom. The van der Waals surface area contributed by atoms with Crippen LogP contribution >= 0.6 is 0 Å². The first kappa shape index (κ1) is 30.9. The van der Waals surface area contributed by atoms with Gasteiger partial charge in [0.25, 0.3) is 0 Å². The molecule has 236 valence electrons. The van der Waals surface area contributed by atoms with E-state index in [1.807, 2.05) is 84.9 Å². The summed E-state index contributed by atoms with van der Waals surface area (Å²) >= 11 is 0. The zero-order valence-corrected chi connectivity index (χ0v) is 30.0. The van der Waals surface area contributed by atoms with E-state index in [9.17, 15) is 0 Å². The molecule has 7 aromatic carbocycles. The van der Waals surface area contributed by atoms with Gasteiger partial charge in [0.15, 0.2) is 11.5 Å². The van der Waals surface area contributed by atoms with Gasteiger partial charge in [0.2, 0.25) is 0 Å². The van der Waals surface area contributed by atoms with Crippen LogP contribution in [0.4, 0.5) is 0 Å². The predicted octanol–water partition coefficient (Wildman–Crippen LogP) is 11.7. The Bertz CT molecular complexity index is 2310. The van der Waals surface area contributed by atoms with Crippen LogP contribution in [0.15, 0.2) is 146 Å². The summed E-state index contributed by atoms with van der Waals surface area (Å²) in [6, 6.07) is 58.9. The number of nitrogens with zero attached hydrogens (tertiary/aromatic N) is 1. The van der Waals surface area contributed by atoms with Crippen molar-refractivity contribution in [3.63, 3.8) is 0 Å². The molecule has 0 spiro atoms. The van der Waals surface area contributed by atoms with Gasteiger partial charge in [-0.25, -0.2) is 0 Å². The molecule has 0 saturated heterocycles. The summed E-state index contributed by atoms with van der Waals surface area (Å²) < 4.78 is 14.4. The molecule has 2 aliphatic heterocycles. The van der Waals surface area contributed by atoms with Gasteiger partial charge in [-0.15, -0.1) is 53.1 Å². The number of benzene rings is 7. The van der Waals surface area contributed by atoms with Crippen molar-refractivity contribution in [2.45, 2.75) is 19.3 Å². The molecule has 0 atom stereocenters. The van der Waals surface area contributed by atoms with Gasteiger partial charge in [-0.05, 0) is 40.1 Å². The van der Waals surface area contributed by atoms with Gasteiger partial charge in [-0.1, -0.05) is 103 Å². The molecule has 3 nitrogen and oxygen atoms in total. The number of hydrogen-bond acceptors (Lipinski definition) is 2. The molecule has 0 unspecified atom stereocenters. The number of para-hydroxylation sites is 2. The molecule has 0 fully saturated rings. The van der Waals surface area contributed by atoms with Gasteiger partial charge in [-0.3, -0.25) is 0 Å². The third-order valence-electron chi connectivity index (χ3n) is 9.46. The monoisotopic (exact) mass is 800 g/mol. The Morgan fingerprint density at radius 1 is 0.551 bits per heavy atom. The molecule has 0 bridgehead atoms. The van der Waals surface area contributed by atoms with Crippen LogP contribution in [-0.2, 0) is 26.5 Å². The molecule has 0 N–H and O–H groups in total. The van der Waals surface area contributed by atoms with Crippen LogP contribution in [0.25, 0.3) is 49.7 Å². The van der Waals surface area contributed by atoms with Gasteiger partial charge in [0, 0.05) is 26.8 Å². The maximum Gasteiger partial charge on any atom is 0.155 e. The molecule has 1 aliphatic carbocycles. The fraction of sp³-hybridized carbons (Fsp3) is 0.0667. The summed E-state index contributed by atoms with van der Waals surface area (Å²) in [4.78, 5) is 0. The average molecular weight is 801 g/mol. The van der Waals surface area contributed by atoms with Gasteiger partial charge in [-0.2, -0.15) is 36.4 Å². The molecule has 0 amide bonds. The minimum atomic E-state index is 0. The average Bonchev–Trinajstić information content (AvgIpc) is 3.61. The van der Waals surface area contributed by atoms with E-state index in [0.29, 0.717) is 0 Å². The SMILES string of the molecule is CC1(C)c2[c-]cccc2-c2ccccc21.[W].[c-]1cc2c3c(c1)c1cccc4c1n3-c1c(cccc1O4)O2.[c-]1ccccc1-c1ccccc1. The van der Waals surface area contributed by atoms with Crippen LogP contribution in [0.3, 0.4) is 0 Å². The van der Waals surface area contributed by atoms with E-state index in [1.165, 1.54) is 33.2 Å². The molecular weight excluding hydrogens is 770 g/mol. The smallest absolute Gasteiger partial charge is 0.155 e. The Kier molecular flexibility index (Phi) is 7.74. The summed E-state index contributed by atoms with van der Waals surface area (Å²) in [5.41, 5.74) is 11.1. The minimum Gasteiger partial charge on any atom is -0.512 e. The Morgan fingerprint density at radius 3 is 2.04 bits per heavy atom. The Labute approximate surface area is 300 Å². The first-order chi connectivity index (χ1) is 23.6. The number of hydrogen-bond donors (Lipinski definition) is 0. The quantitative estimate of drug-likeness (QED) is 0.154. The van der Waals surface area contributed by atoms with Crippen molar-refractivity contribution >= 4 is 21.8 Å². The zero-order valence-electron chi connectivity index (χ0n) is 27.0. The van der Waals surface area contributed by atoms with Crippen LogP contribution in [-0.4, -0.2) is 4.57 Å². The van der Waals surface area contributed by atoms with Crippen molar-refractivity contribution in [2.75, 3.05) is 0 Å². The van der Waals surface area contributed by atoms with E-state index in [0.717, 1.165) is 50.7 Å². The van der Waals surface area contributed by atoms with Crippen LogP contribution < -0.4 is 9.47 Å². The minimum absolute atomic E-state index is 0. The second-order valence-electron chi connectivity index (χ2n) is 12.6. The van der Waals surface area contributed by atoms with Gasteiger partial charge >= 0.3 is 0 Å². The molecule has 3 aliphatic rings. The fourth-order valence-electron chi connectivity index (χ4n) is 7.26. The first-order valence-corrected chi connectivity index (χ1v) is 16.2. The predicted molar refractivity (Wildman–Crippen MR) is 193 cm³/mol. The molecule has 4 heteroatoms. The molecular formula is C45H30NO2W-3. The topological polar surface area (TPSA) is 23.4 Å². The van der Waals surface area contributed by atoms with Crippen molar-refractivity contribution in [1.29, 1.82) is 0 Å². The number of ether oxygens (including phenoxy) is 2. The zero-order chi connectivity index (χ0) is 32.2. The standard InChI is InChI=1S/C18H8NO2.C15H13.C12H9.W/c1-4-10-11-5-2-7-13-17(11)19-16(10)12(6-1)20-14-8-3-9-15(21-13)18(14)19;1-15(2)13-9-5-3-7-11(13)12-8-4-6-10-14(12)15;1-3-7-11(8-4-1)12-9-5-2-6-10-12;/h1,3-9H;3-9H,1-2H3;1-9H;/q3*-1;. The summed E-state index contributed by atoms with van der Waals surface area (Å²) in [6.45, 7) is 4.54. The first-order valence-electron chi connectivity index (χ1n) is 16.2. The third kappa shape index (κ3) is 5.00. The van der Waals surface area contributed by atoms with Crippen molar-refractivity contribution < 1.29 is 30.5 Å². The van der Waals surface area contributed by atoms with Crippen LogP contribution in [0.2, 0.25) is 0 Å². The van der Waals surface area contributed by atoms with Crippen molar-refractivity contribution in [3.05, 3.63) is 175 Å². The third-order valence-corrected chi connectivity index (χ3v) is 9.46. The summed E-state index contributed by atoms with van der Waals surface area (Å²) in [5, 5.41) is 2.32. The van der Waals surface area contributed by atoms with Crippen LogP contribution in [0, 0.1) is 18.2 Å². The van der Waals surface area contributed by atoms with Crippen LogP contribution in [0.1, 0.15) is 25.0 Å². The van der Waals surface area contributed by atoms with E-state index in [4.69, 9.17) is 9.47 Å². The fourth-order valence-corrected chi connectivity index (χ4v) is 7.26. The normalized spacial score (nSPS) is 13.0. The molecule has 0 saturated carbocycles. The molecule has 1 aromatic heterocycles. The van der Waals surface area contributed by atoms with Crippen molar-refractivity contribution in [3.8, 4) is 50.9 Å². The Balaban J connectivity index is 0.000000111. The Hall–Kier alpha value is -5.37. The van der Waals surface area contributed by atoms with E-state index in [2.05, 4.69) is 97.3 Å². The second-order valence-corrected chi connectivity index (χ2v) is 12.6. The summed E-state index contributed by atoms with van der Waals surface area (Å²) in [6.07, 6.45) is 0. The summed E-state index contributed by atoms with van der Waals surface area (Å²) in [5.74, 6) is 3.40. The molecule has 49 heavy (non-hydrogen) atoms. The maximum atomic E-state index is 6.08. The molecule has 3 heterocycles. The largest absolute Gasteiger partial charge is 0.512 e. The van der Waals surface area contributed by atoms with Gasteiger partial charge in [0.1, 0.15) is 11.4 Å². The molecule has 11 rings (SSSR count). The van der Waals surface area contributed by atoms with Crippen molar-refractivity contribution in [2.24, 2.45) is 0 Å². The number of aromatic nitrogens is 1. The van der Waals surface area contributed by atoms with Gasteiger partial charge < -0.3 is 14.0 Å². The maximum absolute atomic E-state index is 6.08. The summed E-state index contributed by atoms with van der Waals surface area (Å²) in [7, 11) is 0. The molecule has 8 aromatic rings.